The fourth-order valence-electron chi connectivity index (χ4n) is 4.22. The van der Waals surface area contributed by atoms with Gasteiger partial charge in [0.2, 0.25) is 5.91 Å². The summed E-state index contributed by atoms with van der Waals surface area (Å²) in [4.78, 5) is 36.8. The van der Waals surface area contributed by atoms with Crippen LogP contribution in [0.15, 0.2) is 79.0 Å². The second kappa shape index (κ2) is 10.1. The second-order valence-corrected chi connectivity index (χ2v) is 9.47. The van der Waals surface area contributed by atoms with Crippen LogP contribution in [0.3, 0.4) is 0 Å². The Morgan fingerprint density at radius 3 is 2.34 bits per heavy atom. The zero-order chi connectivity index (χ0) is 24.2. The third-order valence-corrected chi connectivity index (χ3v) is 7.16. The number of hydrogen-bond acceptors (Lipinski definition) is 6. The molecule has 3 N–H and O–H groups in total. The van der Waals surface area contributed by atoms with Crippen molar-refractivity contribution in [3.63, 3.8) is 0 Å². The topological polar surface area (TPSA) is 101 Å². The molecule has 176 valence electrons. The number of piperidine rings is 1. The van der Waals surface area contributed by atoms with Gasteiger partial charge in [-0.1, -0.05) is 60.7 Å². The molecule has 8 heteroatoms. The van der Waals surface area contributed by atoms with Crippen LogP contribution < -0.4 is 16.0 Å². The maximum Gasteiger partial charge on any atom is 0.268 e. The highest BCUT2D eigenvalue weighted by Crippen LogP contribution is 2.34. The van der Waals surface area contributed by atoms with Crippen LogP contribution in [-0.4, -0.2) is 34.9 Å². The number of pyridine rings is 1. The molecule has 1 fully saturated rings. The van der Waals surface area contributed by atoms with Crippen LogP contribution in [0.1, 0.15) is 22.5 Å². The molecule has 2 aromatic carbocycles. The van der Waals surface area contributed by atoms with Crippen molar-refractivity contribution in [3.05, 3.63) is 83.9 Å². The molecule has 0 radical (unpaired) electrons. The summed E-state index contributed by atoms with van der Waals surface area (Å²) in [5.74, 6) is 0.103. The predicted molar refractivity (Wildman–Crippen MR) is 139 cm³/mol. The maximum atomic E-state index is 13.3. The second-order valence-electron chi connectivity index (χ2n) is 8.48. The molecular formula is C27H25N5O2S. The van der Waals surface area contributed by atoms with Crippen molar-refractivity contribution in [2.75, 3.05) is 23.3 Å². The number of carbonyl (C=O) groups is 2. The molecule has 1 saturated heterocycles. The van der Waals surface area contributed by atoms with Gasteiger partial charge in [0.25, 0.3) is 5.91 Å². The lowest BCUT2D eigenvalue weighted by Crippen LogP contribution is -2.41. The predicted octanol–water partition coefficient (Wildman–Crippen LogP) is 4.83. The number of amides is 2. The van der Waals surface area contributed by atoms with E-state index in [0.29, 0.717) is 22.8 Å². The van der Waals surface area contributed by atoms with Crippen LogP contribution in [0.2, 0.25) is 0 Å². The van der Waals surface area contributed by atoms with Crippen LogP contribution in [0.25, 0.3) is 21.8 Å². The Hall–Kier alpha value is -4.04. The third kappa shape index (κ3) is 5.07. The number of rotatable bonds is 6. The van der Waals surface area contributed by atoms with E-state index < -0.39 is 0 Å². The first-order chi connectivity index (χ1) is 17.1. The lowest BCUT2D eigenvalue weighted by molar-refractivity contribution is -0.122. The van der Waals surface area contributed by atoms with Crippen molar-refractivity contribution in [2.45, 2.75) is 12.8 Å². The van der Waals surface area contributed by atoms with Crippen LogP contribution in [0.5, 0.6) is 0 Å². The van der Waals surface area contributed by atoms with Crippen LogP contribution in [-0.2, 0) is 4.79 Å². The van der Waals surface area contributed by atoms with Crippen molar-refractivity contribution in [2.24, 2.45) is 11.7 Å². The van der Waals surface area contributed by atoms with Gasteiger partial charge in [-0.3, -0.25) is 9.59 Å². The molecule has 2 amide bonds. The number of nitrogens with one attached hydrogen (secondary N) is 1. The summed E-state index contributed by atoms with van der Waals surface area (Å²) >= 11 is 1.37. The van der Waals surface area contributed by atoms with Gasteiger partial charge in [-0.25, -0.2) is 9.97 Å². The van der Waals surface area contributed by atoms with Gasteiger partial charge in [0.05, 0.1) is 23.5 Å². The fraction of sp³-hybridized carbons (Fsp3) is 0.185. The Kier molecular flexibility index (Phi) is 6.54. The molecule has 5 rings (SSSR count). The van der Waals surface area contributed by atoms with Crippen molar-refractivity contribution in [1.82, 2.24) is 9.97 Å². The number of aromatic nitrogens is 2. The van der Waals surface area contributed by atoms with Gasteiger partial charge in [-0.05, 0) is 25.0 Å². The summed E-state index contributed by atoms with van der Waals surface area (Å²) in [7, 11) is 0. The van der Waals surface area contributed by atoms with Crippen molar-refractivity contribution < 1.29 is 9.59 Å². The summed E-state index contributed by atoms with van der Waals surface area (Å²) in [6.45, 7) is 1.39. The minimum absolute atomic E-state index is 0.161. The molecule has 1 unspecified atom stereocenters. The standard InChI is InChI=1S/C27H25N5O2S/c28-25(33)20-12-7-15-32(17-20)22-14-13-21(16-29-22)30-26(34)24-23(18-8-3-1-4-9-18)31-27(35-24)19-10-5-2-6-11-19/h1-6,8-11,13-14,16,20H,7,12,15,17H2,(H2,28,33)(H,30,34). The van der Waals surface area contributed by atoms with Gasteiger partial charge in [0, 0.05) is 24.2 Å². The molecule has 1 atom stereocenters. The van der Waals surface area contributed by atoms with Crippen molar-refractivity contribution in [3.8, 4) is 21.8 Å². The summed E-state index contributed by atoms with van der Waals surface area (Å²) in [5, 5.41) is 3.76. The average molecular weight is 484 g/mol. The minimum Gasteiger partial charge on any atom is -0.369 e. The van der Waals surface area contributed by atoms with E-state index in [1.54, 1.807) is 6.20 Å². The van der Waals surface area contributed by atoms with Gasteiger partial charge in [0.1, 0.15) is 15.7 Å². The van der Waals surface area contributed by atoms with Crippen LogP contribution in [0, 0.1) is 5.92 Å². The summed E-state index contributed by atoms with van der Waals surface area (Å²) in [6.07, 6.45) is 3.34. The third-order valence-electron chi connectivity index (χ3n) is 6.05. The first-order valence-electron chi connectivity index (χ1n) is 11.5. The maximum absolute atomic E-state index is 13.3. The fourth-order valence-corrected chi connectivity index (χ4v) is 5.21. The van der Waals surface area contributed by atoms with Crippen molar-refractivity contribution in [1.29, 1.82) is 0 Å². The Morgan fingerprint density at radius 2 is 1.69 bits per heavy atom. The number of benzene rings is 2. The molecule has 35 heavy (non-hydrogen) atoms. The van der Waals surface area contributed by atoms with Gasteiger partial charge in [0.15, 0.2) is 0 Å². The number of anilines is 2. The molecular weight excluding hydrogens is 458 g/mol. The Balaban J connectivity index is 1.38. The van der Waals surface area contributed by atoms with E-state index >= 15 is 0 Å². The van der Waals surface area contributed by atoms with E-state index in [2.05, 4.69) is 15.2 Å². The molecule has 0 bridgehead atoms. The number of primary amides is 1. The molecule has 2 aromatic heterocycles. The molecule has 1 aliphatic rings. The SMILES string of the molecule is NC(=O)C1CCCN(c2ccc(NC(=O)c3sc(-c4ccccc4)nc3-c3ccccc3)cn2)C1. The highest BCUT2D eigenvalue weighted by Gasteiger charge is 2.25. The van der Waals surface area contributed by atoms with E-state index in [0.717, 1.165) is 41.3 Å². The lowest BCUT2D eigenvalue weighted by Gasteiger charge is -2.32. The first kappa shape index (κ1) is 22.7. The smallest absolute Gasteiger partial charge is 0.268 e. The van der Waals surface area contributed by atoms with Crippen molar-refractivity contribution >= 4 is 34.7 Å². The zero-order valence-corrected chi connectivity index (χ0v) is 19.9. The largest absolute Gasteiger partial charge is 0.369 e. The quantitative estimate of drug-likeness (QED) is 0.409. The van der Waals surface area contributed by atoms with Crippen LogP contribution in [0.4, 0.5) is 11.5 Å². The van der Waals surface area contributed by atoms with Crippen LogP contribution >= 0.6 is 11.3 Å². The zero-order valence-electron chi connectivity index (χ0n) is 19.1. The van der Waals surface area contributed by atoms with Gasteiger partial charge in [-0.2, -0.15) is 0 Å². The monoisotopic (exact) mass is 483 g/mol. The molecule has 7 nitrogen and oxygen atoms in total. The van der Waals surface area contributed by atoms with E-state index in [1.165, 1.54) is 11.3 Å². The van der Waals surface area contributed by atoms with Gasteiger partial charge in [-0.15, -0.1) is 11.3 Å². The highest BCUT2D eigenvalue weighted by molar-refractivity contribution is 7.17. The summed E-state index contributed by atoms with van der Waals surface area (Å²) in [5.41, 5.74) is 8.60. The van der Waals surface area contributed by atoms with E-state index in [1.807, 2.05) is 72.8 Å². The summed E-state index contributed by atoms with van der Waals surface area (Å²) in [6, 6.07) is 23.3. The number of nitrogens with zero attached hydrogens (tertiary/aromatic N) is 3. The normalized spacial score (nSPS) is 15.5. The highest BCUT2D eigenvalue weighted by atomic mass is 32.1. The van der Waals surface area contributed by atoms with E-state index in [4.69, 9.17) is 10.7 Å². The molecule has 3 heterocycles. The van der Waals surface area contributed by atoms with Gasteiger partial charge < -0.3 is 16.0 Å². The number of carbonyl (C=O) groups excluding carboxylic acids is 2. The molecule has 0 aliphatic carbocycles. The van der Waals surface area contributed by atoms with E-state index in [-0.39, 0.29) is 17.7 Å². The Labute approximate surface area is 207 Å². The van der Waals surface area contributed by atoms with Gasteiger partial charge >= 0.3 is 0 Å². The summed E-state index contributed by atoms with van der Waals surface area (Å²) < 4.78 is 0. The number of thiazole rings is 1. The molecule has 0 saturated carbocycles. The van der Waals surface area contributed by atoms with E-state index in [9.17, 15) is 9.59 Å². The minimum atomic E-state index is -0.271. The molecule has 4 aromatic rings. The Morgan fingerprint density at radius 1 is 0.971 bits per heavy atom. The average Bonchev–Trinajstić information content (AvgIpc) is 3.36. The first-order valence-corrected chi connectivity index (χ1v) is 12.3. The number of nitrogens with two attached hydrogens (primary N) is 1. The molecule has 0 spiro atoms. The Bertz CT molecular complexity index is 1320. The molecule has 1 aliphatic heterocycles. The lowest BCUT2D eigenvalue weighted by atomic mass is 9.97. The number of hydrogen-bond donors (Lipinski definition) is 2.